The molecule has 0 bridgehead atoms. The molecule has 0 saturated carbocycles. The minimum atomic E-state index is -0.504. The first-order valence-corrected chi connectivity index (χ1v) is 25.9. The summed E-state index contributed by atoms with van der Waals surface area (Å²) in [5, 5.41) is 0. The van der Waals surface area contributed by atoms with Gasteiger partial charge in [0.1, 0.15) is 0 Å². The first-order chi connectivity index (χ1) is 33.8. The van der Waals surface area contributed by atoms with Gasteiger partial charge in [0, 0.05) is 49.1 Å². The van der Waals surface area contributed by atoms with Crippen molar-refractivity contribution in [2.75, 3.05) is 9.71 Å². The lowest BCUT2D eigenvalue weighted by molar-refractivity contribution is 0.590. The Bertz CT molecular complexity index is 3670. The average molecular weight is 919 g/mol. The van der Waals surface area contributed by atoms with Gasteiger partial charge in [-0.15, -0.1) is 0 Å². The molecule has 1 aliphatic carbocycles. The summed E-state index contributed by atoms with van der Waals surface area (Å²) >= 11 is 1.94. The second-order valence-electron chi connectivity index (χ2n) is 22.9. The van der Waals surface area contributed by atoms with Crippen molar-refractivity contribution in [1.82, 2.24) is 0 Å². The van der Waals surface area contributed by atoms with Gasteiger partial charge in [0.2, 0.25) is 0 Å². The summed E-state index contributed by atoms with van der Waals surface area (Å²) in [6.07, 6.45) is 0. The van der Waals surface area contributed by atoms with E-state index in [2.05, 4.69) is 253 Å². The quantitative estimate of drug-likeness (QED) is 0.160. The normalized spacial score (nSPS) is 15.8. The van der Waals surface area contributed by atoms with E-state index in [1.165, 1.54) is 127 Å². The maximum Gasteiger partial charge on any atom is 0.333 e. The molecule has 338 valence electrons. The second kappa shape index (κ2) is 14.3. The Labute approximate surface area is 418 Å². The molecule has 4 heteroatoms. The second-order valence-corrected chi connectivity index (χ2v) is 23.9. The first kappa shape index (κ1) is 41.9. The smallest absolute Gasteiger partial charge is 0.333 e. The van der Waals surface area contributed by atoms with E-state index in [0.29, 0.717) is 0 Å². The number of rotatable bonds is 2. The van der Waals surface area contributed by atoms with E-state index >= 15 is 0 Å². The minimum Gasteiger partial charge on any atom is -0.376 e. The van der Waals surface area contributed by atoms with E-state index in [1.807, 2.05) is 11.8 Å². The van der Waals surface area contributed by atoms with Gasteiger partial charge < -0.3 is 9.71 Å². The number of hydrogen-bond donors (Lipinski definition) is 0. The Balaban J connectivity index is 1.15. The van der Waals surface area contributed by atoms with Crippen molar-refractivity contribution in [1.29, 1.82) is 0 Å². The Morgan fingerprint density at radius 2 is 1.01 bits per heavy atom. The van der Waals surface area contributed by atoms with Crippen LogP contribution < -0.4 is 20.6 Å². The molecule has 0 unspecified atom stereocenters. The molecule has 4 aliphatic heterocycles. The van der Waals surface area contributed by atoms with Crippen LogP contribution in [0.25, 0.3) is 33.4 Å². The van der Waals surface area contributed by atoms with Crippen molar-refractivity contribution in [2.45, 2.75) is 86.8 Å². The molecule has 0 N–H and O–H groups in total. The van der Waals surface area contributed by atoms with E-state index in [0.717, 1.165) is 0 Å². The van der Waals surface area contributed by atoms with Crippen LogP contribution in [0.5, 0.6) is 0 Å². The molecular formula is C66H55BN2S. The topological polar surface area (TPSA) is 6.48 Å². The third kappa shape index (κ3) is 5.49. The predicted molar refractivity (Wildman–Crippen MR) is 297 cm³/mol. The van der Waals surface area contributed by atoms with Crippen molar-refractivity contribution in [2.24, 2.45) is 0 Å². The molecule has 14 rings (SSSR count). The number of para-hydroxylation sites is 2. The highest BCUT2D eigenvalue weighted by atomic mass is 32.2. The fourth-order valence-corrected chi connectivity index (χ4v) is 14.6. The summed E-state index contributed by atoms with van der Waals surface area (Å²) in [5.41, 5.74) is 26.6. The maximum atomic E-state index is 2.79. The molecule has 70 heavy (non-hydrogen) atoms. The van der Waals surface area contributed by atoms with Gasteiger partial charge >= 0.3 is 6.85 Å². The standard InChI is InChI=1S/C66H55BN2S/c1-63(2,3)41-33-34-55(46(35-41)40-21-10-9-11-22-40)68-57-38-53-60(70-59-32-19-17-29-51(59)65(53,7)8)39-54(57)67-61-47(36-42(37-58(61)68)64(4,5)6)45-25-20-30-52-62(45)69(67)56-31-18-16-28-50(56)66(52)48-26-14-12-23-43(48)44-24-13-15-27-49(44)66/h9-39H,1-8H3. The Morgan fingerprint density at radius 3 is 1.73 bits per heavy atom. The number of nitrogens with zero attached hydrogens (tertiary/aromatic N) is 2. The summed E-state index contributed by atoms with van der Waals surface area (Å²) in [6.45, 7) is 18.9. The third-order valence-electron chi connectivity index (χ3n) is 16.6. The number of benzene rings is 9. The third-order valence-corrected chi connectivity index (χ3v) is 17.7. The molecule has 0 amide bonds. The van der Waals surface area contributed by atoms with Crippen LogP contribution in [0, 0.1) is 0 Å². The van der Waals surface area contributed by atoms with Crippen LogP contribution in [0.4, 0.5) is 28.4 Å². The van der Waals surface area contributed by atoms with Gasteiger partial charge in [0.15, 0.2) is 0 Å². The van der Waals surface area contributed by atoms with Gasteiger partial charge in [0.05, 0.1) is 11.1 Å². The molecular weight excluding hydrogens is 864 g/mol. The molecule has 2 nitrogen and oxygen atoms in total. The SMILES string of the molecule is CC(C)(C)c1ccc(N2c3cc4c(cc3B3c5c(cc(C(C)(C)C)cc52)-c2cccc5c2N3c2ccccc2C52c3ccccc3-c3ccccc32)Sc2ccccc2C4(C)C)c(-c2ccccc2)c1. The van der Waals surface area contributed by atoms with E-state index in [9.17, 15) is 0 Å². The molecule has 0 saturated heterocycles. The van der Waals surface area contributed by atoms with Crippen LogP contribution >= 0.6 is 11.8 Å². The van der Waals surface area contributed by atoms with Crippen molar-refractivity contribution in [3.8, 4) is 33.4 Å². The highest BCUT2D eigenvalue weighted by Gasteiger charge is 2.56. The Kier molecular flexibility index (Phi) is 8.56. The average Bonchev–Trinajstić information content (AvgIpc) is 3.65. The maximum absolute atomic E-state index is 2.79. The van der Waals surface area contributed by atoms with Crippen LogP contribution in [0.15, 0.2) is 198 Å². The van der Waals surface area contributed by atoms with E-state index in [4.69, 9.17) is 0 Å². The highest BCUT2D eigenvalue weighted by molar-refractivity contribution is 7.99. The zero-order valence-electron chi connectivity index (χ0n) is 41.3. The Hall–Kier alpha value is -7.01. The van der Waals surface area contributed by atoms with Crippen LogP contribution in [0.3, 0.4) is 0 Å². The summed E-state index contributed by atoms with van der Waals surface area (Å²) in [4.78, 5) is 8.15. The number of fused-ring (bicyclic) bond motifs is 15. The van der Waals surface area contributed by atoms with Crippen LogP contribution in [-0.2, 0) is 21.7 Å². The summed E-state index contributed by atoms with van der Waals surface area (Å²) in [6, 6.07) is 72.9. The molecule has 9 aromatic rings. The molecule has 4 heterocycles. The molecule has 0 fully saturated rings. The number of hydrogen-bond acceptors (Lipinski definition) is 3. The number of anilines is 5. The highest BCUT2D eigenvalue weighted by Crippen LogP contribution is 2.65. The van der Waals surface area contributed by atoms with E-state index < -0.39 is 5.41 Å². The van der Waals surface area contributed by atoms with Gasteiger partial charge in [-0.3, -0.25) is 0 Å². The van der Waals surface area contributed by atoms with E-state index in [1.54, 1.807) is 0 Å². The van der Waals surface area contributed by atoms with Gasteiger partial charge in [-0.2, -0.15) is 0 Å². The van der Waals surface area contributed by atoms with Crippen LogP contribution in [0.1, 0.15) is 99.9 Å². The lowest BCUT2D eigenvalue weighted by Crippen LogP contribution is -2.63. The van der Waals surface area contributed by atoms with Crippen molar-refractivity contribution in [3.05, 3.63) is 233 Å². The predicted octanol–water partition coefficient (Wildman–Crippen LogP) is 16.1. The van der Waals surface area contributed by atoms with E-state index in [-0.39, 0.29) is 23.1 Å². The van der Waals surface area contributed by atoms with Crippen LogP contribution in [-0.4, -0.2) is 6.85 Å². The largest absolute Gasteiger partial charge is 0.376 e. The fraction of sp³-hybridized carbons (Fsp3) is 0.182. The molecule has 1 spiro atoms. The van der Waals surface area contributed by atoms with Gasteiger partial charge in [-0.05, 0) is 131 Å². The zero-order valence-corrected chi connectivity index (χ0v) is 42.1. The van der Waals surface area contributed by atoms with Gasteiger partial charge in [0.25, 0.3) is 0 Å². The van der Waals surface area contributed by atoms with Gasteiger partial charge in [-0.1, -0.05) is 213 Å². The minimum absolute atomic E-state index is 0.0350. The summed E-state index contributed by atoms with van der Waals surface area (Å²) in [7, 11) is 0. The van der Waals surface area contributed by atoms with Gasteiger partial charge in [-0.25, -0.2) is 0 Å². The lowest BCUT2D eigenvalue weighted by Gasteiger charge is -2.53. The molecule has 0 aromatic heterocycles. The molecule has 0 atom stereocenters. The first-order valence-electron chi connectivity index (χ1n) is 25.1. The lowest BCUT2D eigenvalue weighted by atomic mass is 9.42. The monoisotopic (exact) mass is 918 g/mol. The summed E-state index contributed by atoms with van der Waals surface area (Å²) < 4.78 is 0. The Morgan fingerprint density at radius 1 is 0.414 bits per heavy atom. The van der Waals surface area contributed by atoms with Crippen LogP contribution in [0.2, 0.25) is 0 Å². The van der Waals surface area contributed by atoms with Crippen molar-refractivity contribution >= 4 is 58.0 Å². The van der Waals surface area contributed by atoms with Crippen molar-refractivity contribution in [3.63, 3.8) is 0 Å². The molecule has 5 aliphatic rings. The van der Waals surface area contributed by atoms with Crippen molar-refractivity contribution < 1.29 is 0 Å². The molecule has 0 radical (unpaired) electrons. The molecule has 9 aromatic carbocycles. The zero-order chi connectivity index (χ0) is 47.6. The summed E-state index contributed by atoms with van der Waals surface area (Å²) in [5.74, 6) is 0. The fourth-order valence-electron chi connectivity index (χ4n) is 13.2.